The van der Waals surface area contributed by atoms with Crippen LogP contribution < -0.4 is 0 Å². The Morgan fingerprint density at radius 1 is 1.18 bits per heavy atom. The molecule has 1 aromatic heterocycles. The summed E-state index contributed by atoms with van der Waals surface area (Å²) in [5.41, 5.74) is 2.22. The van der Waals surface area contributed by atoms with Gasteiger partial charge in [0.1, 0.15) is 5.57 Å². The molecule has 0 radical (unpaired) electrons. The summed E-state index contributed by atoms with van der Waals surface area (Å²) in [6.07, 6.45) is 7.95. The third-order valence-corrected chi connectivity index (χ3v) is 2.93. The number of carboxylic acid groups (broad SMARTS) is 1. The van der Waals surface area contributed by atoms with E-state index in [1.807, 2.05) is 0 Å². The molecule has 1 aromatic carbocycles. The van der Waals surface area contributed by atoms with Crippen LogP contribution >= 0.6 is 0 Å². The normalized spacial score (nSPS) is 11.4. The van der Waals surface area contributed by atoms with Crippen molar-refractivity contribution in [2.24, 2.45) is 0 Å². The Morgan fingerprint density at radius 2 is 1.82 bits per heavy atom. The van der Waals surface area contributed by atoms with Crippen molar-refractivity contribution in [3.8, 4) is 17.2 Å². The summed E-state index contributed by atoms with van der Waals surface area (Å²) >= 11 is 0. The van der Waals surface area contributed by atoms with Gasteiger partial charge >= 0.3 is 5.97 Å². The van der Waals surface area contributed by atoms with Crippen molar-refractivity contribution in [3.05, 3.63) is 66.3 Å². The summed E-state index contributed by atoms with van der Waals surface area (Å²) in [4.78, 5) is 19.4. The van der Waals surface area contributed by atoms with Gasteiger partial charge in [0, 0.05) is 18.0 Å². The largest absolute Gasteiger partial charge is 0.478 e. The van der Waals surface area contributed by atoms with Gasteiger partial charge in [-0.15, -0.1) is 0 Å². The highest BCUT2D eigenvalue weighted by molar-refractivity contribution is 6.14. The van der Waals surface area contributed by atoms with E-state index in [4.69, 9.17) is 5.26 Å². The highest BCUT2D eigenvalue weighted by atomic mass is 16.4. The first-order chi connectivity index (χ1) is 10.7. The van der Waals surface area contributed by atoms with Gasteiger partial charge in [-0.25, -0.2) is 14.8 Å². The van der Waals surface area contributed by atoms with E-state index < -0.39 is 5.97 Å². The lowest BCUT2D eigenvalue weighted by Crippen LogP contribution is -2.04. The van der Waals surface area contributed by atoms with Crippen molar-refractivity contribution in [3.63, 3.8) is 0 Å². The first-order valence-corrected chi connectivity index (χ1v) is 6.55. The molecule has 0 spiro atoms. The molecule has 1 N–H and O–H groups in total. The van der Waals surface area contributed by atoms with Crippen LogP contribution in [0.1, 0.15) is 18.3 Å². The van der Waals surface area contributed by atoms with Gasteiger partial charge in [-0.3, -0.25) is 0 Å². The molecule has 108 valence electrons. The number of hydrogen-bond acceptors (Lipinski definition) is 4. The zero-order valence-electron chi connectivity index (χ0n) is 11.9. The quantitative estimate of drug-likeness (QED) is 0.691. The standard InChI is InChI=1S/C17H13N3O2/c1-2-3-4-15(17(21)22)16-19-10-14(11-20-16)13-7-5-12(9-18)6-8-13/h2-8,10-11H,1H3,(H,21,22)/b3-2+,15-4+. The first kappa shape index (κ1) is 15.1. The summed E-state index contributed by atoms with van der Waals surface area (Å²) < 4.78 is 0. The van der Waals surface area contributed by atoms with Crippen LogP contribution in [0, 0.1) is 11.3 Å². The zero-order valence-corrected chi connectivity index (χ0v) is 11.9. The van der Waals surface area contributed by atoms with Gasteiger partial charge in [-0.2, -0.15) is 5.26 Å². The van der Waals surface area contributed by atoms with Gasteiger partial charge in [0.15, 0.2) is 5.82 Å². The molecule has 0 fully saturated rings. The predicted octanol–water partition coefficient (Wildman–Crippen LogP) is 3.06. The van der Waals surface area contributed by atoms with E-state index in [0.29, 0.717) is 5.56 Å². The summed E-state index contributed by atoms with van der Waals surface area (Å²) in [5.74, 6) is -0.924. The Morgan fingerprint density at radius 3 is 2.32 bits per heavy atom. The summed E-state index contributed by atoms with van der Waals surface area (Å²) in [7, 11) is 0. The van der Waals surface area contributed by atoms with Crippen molar-refractivity contribution in [1.29, 1.82) is 5.26 Å². The van der Waals surface area contributed by atoms with Gasteiger partial charge in [0.2, 0.25) is 0 Å². The second-order valence-corrected chi connectivity index (χ2v) is 4.40. The van der Waals surface area contributed by atoms with Gasteiger partial charge in [-0.05, 0) is 30.7 Å². The number of benzene rings is 1. The van der Waals surface area contributed by atoms with Crippen molar-refractivity contribution in [2.75, 3.05) is 0 Å². The molecule has 5 nitrogen and oxygen atoms in total. The number of aromatic nitrogens is 2. The van der Waals surface area contributed by atoms with Crippen molar-refractivity contribution in [1.82, 2.24) is 9.97 Å². The third-order valence-electron chi connectivity index (χ3n) is 2.93. The van der Waals surface area contributed by atoms with E-state index in [1.165, 1.54) is 6.08 Å². The molecule has 5 heteroatoms. The fourth-order valence-electron chi connectivity index (χ4n) is 1.79. The topological polar surface area (TPSA) is 86.9 Å². The second kappa shape index (κ2) is 6.95. The number of hydrogen-bond donors (Lipinski definition) is 1. The van der Waals surface area contributed by atoms with E-state index >= 15 is 0 Å². The van der Waals surface area contributed by atoms with Gasteiger partial charge in [0.25, 0.3) is 0 Å². The van der Waals surface area contributed by atoms with Crippen LogP contribution in [-0.2, 0) is 4.79 Å². The fraction of sp³-hybridized carbons (Fsp3) is 0.0588. The van der Waals surface area contributed by atoms with E-state index in [-0.39, 0.29) is 11.4 Å². The lowest BCUT2D eigenvalue weighted by atomic mass is 10.1. The third kappa shape index (κ3) is 3.44. The minimum Gasteiger partial charge on any atom is -0.478 e. The summed E-state index contributed by atoms with van der Waals surface area (Å²) in [6, 6.07) is 9.06. The molecule has 0 saturated carbocycles. The van der Waals surface area contributed by atoms with E-state index in [9.17, 15) is 9.90 Å². The van der Waals surface area contributed by atoms with Crippen molar-refractivity contribution >= 4 is 11.5 Å². The lowest BCUT2D eigenvalue weighted by molar-refractivity contribution is -0.130. The summed E-state index contributed by atoms with van der Waals surface area (Å²) in [5, 5.41) is 18.0. The van der Waals surface area contributed by atoms with Gasteiger partial charge in [-0.1, -0.05) is 24.3 Å². The Bertz CT molecular complexity index is 767. The monoisotopic (exact) mass is 291 g/mol. The summed E-state index contributed by atoms with van der Waals surface area (Å²) in [6.45, 7) is 1.80. The molecule has 22 heavy (non-hydrogen) atoms. The number of aliphatic carboxylic acids is 1. The SMILES string of the molecule is C/C=C/C=C(/C(=O)O)c1ncc(-c2ccc(C#N)cc2)cn1. The number of rotatable bonds is 4. The Labute approximate surface area is 127 Å². The minimum atomic E-state index is -1.08. The number of nitrogens with zero attached hydrogens (tertiary/aromatic N) is 3. The van der Waals surface area contributed by atoms with Crippen molar-refractivity contribution < 1.29 is 9.90 Å². The van der Waals surface area contributed by atoms with E-state index in [0.717, 1.165) is 11.1 Å². The molecule has 0 aliphatic heterocycles. The maximum Gasteiger partial charge on any atom is 0.339 e. The molecule has 2 aromatic rings. The molecule has 1 heterocycles. The Hall–Kier alpha value is -3.26. The highest BCUT2D eigenvalue weighted by Crippen LogP contribution is 2.19. The smallest absolute Gasteiger partial charge is 0.339 e. The molecule has 0 bridgehead atoms. The number of carboxylic acids is 1. The lowest BCUT2D eigenvalue weighted by Gasteiger charge is -2.03. The van der Waals surface area contributed by atoms with Crippen LogP contribution in [0.5, 0.6) is 0 Å². The Balaban J connectivity index is 2.33. The fourth-order valence-corrected chi connectivity index (χ4v) is 1.79. The molecule has 0 atom stereocenters. The average Bonchev–Trinajstić information content (AvgIpc) is 2.55. The van der Waals surface area contributed by atoms with Crippen LogP contribution in [-0.4, -0.2) is 21.0 Å². The first-order valence-electron chi connectivity index (χ1n) is 6.55. The van der Waals surface area contributed by atoms with E-state index in [2.05, 4.69) is 16.0 Å². The van der Waals surface area contributed by atoms with Gasteiger partial charge < -0.3 is 5.11 Å². The molecular formula is C17H13N3O2. The number of allylic oxidation sites excluding steroid dienone is 3. The molecule has 0 amide bonds. The van der Waals surface area contributed by atoms with Gasteiger partial charge in [0.05, 0.1) is 11.6 Å². The molecule has 0 saturated heterocycles. The molecule has 0 unspecified atom stereocenters. The molecule has 0 aliphatic rings. The van der Waals surface area contributed by atoms with Crippen LogP contribution in [0.25, 0.3) is 16.7 Å². The van der Waals surface area contributed by atoms with Crippen LogP contribution in [0.3, 0.4) is 0 Å². The maximum atomic E-state index is 11.2. The van der Waals surface area contributed by atoms with E-state index in [1.54, 1.807) is 55.7 Å². The molecule has 2 rings (SSSR count). The number of carbonyl (C=O) groups is 1. The molecule has 0 aliphatic carbocycles. The van der Waals surface area contributed by atoms with Crippen molar-refractivity contribution in [2.45, 2.75) is 6.92 Å². The number of nitriles is 1. The average molecular weight is 291 g/mol. The van der Waals surface area contributed by atoms with Crippen LogP contribution in [0.2, 0.25) is 0 Å². The second-order valence-electron chi connectivity index (χ2n) is 4.40. The molecular weight excluding hydrogens is 278 g/mol. The van der Waals surface area contributed by atoms with Crippen LogP contribution in [0.15, 0.2) is 54.9 Å². The highest BCUT2D eigenvalue weighted by Gasteiger charge is 2.12. The van der Waals surface area contributed by atoms with Crippen LogP contribution in [0.4, 0.5) is 0 Å². The maximum absolute atomic E-state index is 11.2. The Kier molecular flexibility index (Phi) is 4.78. The zero-order chi connectivity index (χ0) is 15.9. The minimum absolute atomic E-state index is 0.0319. The predicted molar refractivity (Wildman–Crippen MR) is 82.6 cm³/mol.